The Bertz CT molecular complexity index is 554. The van der Waals surface area contributed by atoms with E-state index in [1.54, 1.807) is 10.7 Å². The minimum atomic E-state index is -0.170. The number of rotatable bonds is 3. The average Bonchev–Trinajstić information content (AvgIpc) is 2.72. The summed E-state index contributed by atoms with van der Waals surface area (Å²) in [6.07, 6.45) is 1.84. The van der Waals surface area contributed by atoms with Crippen molar-refractivity contribution in [3.8, 4) is 0 Å². The van der Waals surface area contributed by atoms with Crippen LogP contribution in [0.15, 0.2) is 30.5 Å². The fourth-order valence-corrected chi connectivity index (χ4v) is 1.82. The van der Waals surface area contributed by atoms with E-state index in [4.69, 9.17) is 5.73 Å². The number of carbonyl (C=O) groups excluding carboxylic acids is 1. The number of nitrogens with zero attached hydrogens (tertiary/aromatic N) is 2. The van der Waals surface area contributed by atoms with Gasteiger partial charge in [0.25, 0.3) is 5.91 Å². The Kier molecular flexibility index (Phi) is 3.32. The summed E-state index contributed by atoms with van der Waals surface area (Å²) in [6.45, 7) is 2.26. The van der Waals surface area contributed by atoms with Crippen molar-refractivity contribution in [2.24, 2.45) is 7.05 Å². The number of aryl methyl sites for hydroxylation is 2. The van der Waals surface area contributed by atoms with Crippen LogP contribution in [0.3, 0.4) is 0 Å². The molecule has 0 aliphatic rings. The van der Waals surface area contributed by atoms with E-state index in [2.05, 4.69) is 10.4 Å². The zero-order chi connectivity index (χ0) is 13.1. The molecule has 5 heteroatoms. The molecule has 0 aliphatic heterocycles. The van der Waals surface area contributed by atoms with Gasteiger partial charge in [0, 0.05) is 18.9 Å². The maximum atomic E-state index is 12.0. The summed E-state index contributed by atoms with van der Waals surface area (Å²) in [6, 6.07) is 7.29. The van der Waals surface area contributed by atoms with Gasteiger partial charge in [-0.3, -0.25) is 9.48 Å². The first-order chi connectivity index (χ1) is 8.58. The number of aromatic nitrogens is 2. The molecule has 5 nitrogen and oxygen atoms in total. The molecule has 2 aromatic rings. The molecule has 0 unspecified atom stereocenters. The number of amides is 1. The molecule has 1 amide bonds. The summed E-state index contributed by atoms with van der Waals surface area (Å²) >= 11 is 0. The van der Waals surface area contributed by atoms with Gasteiger partial charge in [0.15, 0.2) is 0 Å². The summed E-state index contributed by atoms with van der Waals surface area (Å²) in [5.74, 6) is -0.170. The molecule has 1 heterocycles. The van der Waals surface area contributed by atoms with Gasteiger partial charge in [-0.25, -0.2) is 0 Å². The Morgan fingerprint density at radius 3 is 2.83 bits per heavy atom. The van der Waals surface area contributed by atoms with Crippen LogP contribution >= 0.6 is 0 Å². The predicted molar refractivity (Wildman–Crippen MR) is 70.0 cm³/mol. The molecule has 0 fully saturated rings. The molecular weight excluding hydrogens is 228 g/mol. The smallest absolute Gasteiger partial charge is 0.253 e. The van der Waals surface area contributed by atoms with E-state index in [1.165, 1.54) is 0 Å². The summed E-state index contributed by atoms with van der Waals surface area (Å²) in [5.41, 5.74) is 8.53. The van der Waals surface area contributed by atoms with Crippen molar-refractivity contribution < 1.29 is 4.79 Å². The van der Waals surface area contributed by atoms with Gasteiger partial charge >= 0.3 is 0 Å². The third-order valence-electron chi connectivity index (χ3n) is 2.73. The first-order valence-corrected chi connectivity index (χ1v) is 5.69. The number of hydrogen-bond acceptors (Lipinski definition) is 3. The molecule has 2 rings (SSSR count). The van der Waals surface area contributed by atoms with Gasteiger partial charge in [-0.15, -0.1) is 0 Å². The molecule has 0 aliphatic carbocycles. The third-order valence-corrected chi connectivity index (χ3v) is 2.73. The van der Waals surface area contributed by atoms with Crippen LogP contribution in [0.2, 0.25) is 0 Å². The highest BCUT2D eigenvalue weighted by Gasteiger charge is 2.12. The summed E-state index contributed by atoms with van der Waals surface area (Å²) in [7, 11) is 1.84. The number of benzene rings is 1. The second kappa shape index (κ2) is 4.91. The van der Waals surface area contributed by atoms with Crippen LogP contribution in [0, 0.1) is 6.92 Å². The number of anilines is 1. The molecule has 94 valence electrons. The highest BCUT2D eigenvalue weighted by Crippen LogP contribution is 2.15. The van der Waals surface area contributed by atoms with Crippen LogP contribution in [0.1, 0.15) is 21.6 Å². The van der Waals surface area contributed by atoms with E-state index < -0.39 is 0 Å². The van der Waals surface area contributed by atoms with E-state index in [1.807, 2.05) is 38.4 Å². The molecule has 1 aromatic heterocycles. The lowest BCUT2D eigenvalue weighted by atomic mass is 10.1. The molecule has 0 saturated carbocycles. The van der Waals surface area contributed by atoms with E-state index in [0.29, 0.717) is 17.8 Å². The number of nitrogens with one attached hydrogen (secondary N) is 1. The minimum Gasteiger partial charge on any atom is -0.398 e. The van der Waals surface area contributed by atoms with E-state index in [-0.39, 0.29) is 5.91 Å². The molecule has 0 saturated heterocycles. The van der Waals surface area contributed by atoms with Gasteiger partial charge in [-0.1, -0.05) is 12.1 Å². The Balaban J connectivity index is 2.08. The van der Waals surface area contributed by atoms with Crippen molar-refractivity contribution in [2.75, 3.05) is 5.73 Å². The highest BCUT2D eigenvalue weighted by atomic mass is 16.1. The maximum Gasteiger partial charge on any atom is 0.253 e. The monoisotopic (exact) mass is 244 g/mol. The zero-order valence-corrected chi connectivity index (χ0v) is 10.5. The topological polar surface area (TPSA) is 72.9 Å². The zero-order valence-electron chi connectivity index (χ0n) is 10.5. The van der Waals surface area contributed by atoms with Crippen molar-refractivity contribution in [1.82, 2.24) is 15.1 Å². The van der Waals surface area contributed by atoms with Crippen LogP contribution in [-0.4, -0.2) is 15.7 Å². The molecular formula is C13H16N4O. The Labute approximate surface area is 106 Å². The first kappa shape index (κ1) is 12.2. The predicted octanol–water partition coefficient (Wildman–Crippen LogP) is 1.24. The maximum absolute atomic E-state index is 12.0. The summed E-state index contributed by atoms with van der Waals surface area (Å²) in [5, 5.41) is 7.01. The van der Waals surface area contributed by atoms with Gasteiger partial charge in [-0.2, -0.15) is 5.10 Å². The summed E-state index contributed by atoms with van der Waals surface area (Å²) < 4.78 is 1.70. The van der Waals surface area contributed by atoms with Crippen LogP contribution in [0.25, 0.3) is 0 Å². The van der Waals surface area contributed by atoms with Crippen molar-refractivity contribution in [3.05, 3.63) is 47.3 Å². The molecule has 3 N–H and O–H groups in total. The summed E-state index contributed by atoms with van der Waals surface area (Å²) in [4.78, 5) is 12.0. The molecule has 0 bridgehead atoms. The largest absolute Gasteiger partial charge is 0.398 e. The van der Waals surface area contributed by atoms with Crippen LogP contribution in [-0.2, 0) is 13.6 Å². The fraction of sp³-hybridized carbons (Fsp3) is 0.231. The first-order valence-electron chi connectivity index (χ1n) is 5.69. The lowest BCUT2D eigenvalue weighted by molar-refractivity contribution is 0.0950. The highest BCUT2D eigenvalue weighted by molar-refractivity contribution is 6.00. The molecule has 0 radical (unpaired) electrons. The van der Waals surface area contributed by atoms with E-state index in [9.17, 15) is 4.79 Å². The number of nitrogens with two attached hydrogens (primary N) is 1. The van der Waals surface area contributed by atoms with Crippen molar-refractivity contribution >= 4 is 11.6 Å². The quantitative estimate of drug-likeness (QED) is 0.798. The Morgan fingerprint density at radius 1 is 1.44 bits per heavy atom. The number of carbonyl (C=O) groups is 1. The van der Waals surface area contributed by atoms with Crippen molar-refractivity contribution in [3.63, 3.8) is 0 Å². The van der Waals surface area contributed by atoms with Crippen LogP contribution in [0.5, 0.6) is 0 Å². The molecule has 18 heavy (non-hydrogen) atoms. The lowest BCUT2D eigenvalue weighted by Crippen LogP contribution is -2.25. The molecule has 1 aromatic carbocycles. The fourth-order valence-electron chi connectivity index (χ4n) is 1.82. The lowest BCUT2D eigenvalue weighted by Gasteiger charge is -2.09. The van der Waals surface area contributed by atoms with Crippen molar-refractivity contribution in [2.45, 2.75) is 13.5 Å². The van der Waals surface area contributed by atoms with Gasteiger partial charge < -0.3 is 11.1 Å². The Morgan fingerprint density at radius 2 is 2.22 bits per heavy atom. The van der Waals surface area contributed by atoms with Gasteiger partial charge in [-0.05, 0) is 24.6 Å². The van der Waals surface area contributed by atoms with Gasteiger partial charge in [0.1, 0.15) is 0 Å². The van der Waals surface area contributed by atoms with Gasteiger partial charge in [0.2, 0.25) is 0 Å². The average molecular weight is 244 g/mol. The van der Waals surface area contributed by atoms with E-state index >= 15 is 0 Å². The number of hydrogen-bond donors (Lipinski definition) is 2. The minimum absolute atomic E-state index is 0.170. The van der Waals surface area contributed by atoms with Crippen molar-refractivity contribution in [1.29, 1.82) is 0 Å². The standard InChI is InChI=1S/C13H16N4O/c1-9-4-3-5-11(14)12(9)13(18)15-8-10-6-7-17(2)16-10/h3-7H,8,14H2,1-2H3,(H,15,18). The normalized spacial score (nSPS) is 10.3. The molecule has 0 atom stereocenters. The second-order valence-electron chi connectivity index (χ2n) is 4.20. The van der Waals surface area contributed by atoms with Crippen LogP contribution < -0.4 is 11.1 Å². The third kappa shape index (κ3) is 2.51. The molecule has 0 spiro atoms. The Hall–Kier alpha value is -2.30. The van der Waals surface area contributed by atoms with Crippen LogP contribution in [0.4, 0.5) is 5.69 Å². The SMILES string of the molecule is Cc1cccc(N)c1C(=O)NCc1ccn(C)n1. The van der Waals surface area contributed by atoms with E-state index in [0.717, 1.165) is 11.3 Å². The second-order valence-corrected chi connectivity index (χ2v) is 4.20. The number of nitrogen functional groups attached to an aromatic ring is 1. The van der Waals surface area contributed by atoms with Gasteiger partial charge in [0.05, 0.1) is 17.8 Å².